The molecule has 1 amide bonds. The molecule has 4 aliphatic rings. The van der Waals surface area contributed by atoms with Gasteiger partial charge in [0.1, 0.15) is 22.8 Å². The summed E-state index contributed by atoms with van der Waals surface area (Å²) < 4.78 is 0. The van der Waals surface area contributed by atoms with Crippen LogP contribution in [0.3, 0.4) is 0 Å². The second-order valence-electron chi connectivity index (χ2n) is 12.8. The molecule has 4 aliphatic carbocycles. The number of nitrogens with two attached hydrogens (primary N) is 1. The SMILES string of the molecule is CCN(Cc1cc(O)c2c(c1N(C)C)C[C@H]1C[C@H]3[C@H](N(C)C)C(O)=C(C(N)=O)C(=O)[C@@]3(O)C(O)=C1C2=O)[C@H](C)C1CC1. The lowest BCUT2D eigenvalue weighted by Gasteiger charge is -2.50. The highest BCUT2D eigenvalue weighted by atomic mass is 16.3. The lowest BCUT2D eigenvalue weighted by Crippen LogP contribution is -2.63. The van der Waals surface area contributed by atoms with Gasteiger partial charge in [-0.3, -0.25) is 24.2 Å². The second kappa shape index (κ2) is 10.4. The number of benzene rings is 1. The predicted octanol–water partition coefficient (Wildman–Crippen LogP) is 1.81. The van der Waals surface area contributed by atoms with Gasteiger partial charge in [-0.15, -0.1) is 0 Å². The first-order valence-electron chi connectivity index (χ1n) is 14.6. The lowest BCUT2D eigenvalue weighted by atomic mass is 9.58. The Morgan fingerprint density at radius 2 is 1.79 bits per heavy atom. The van der Waals surface area contributed by atoms with Crippen LogP contribution >= 0.6 is 0 Å². The van der Waals surface area contributed by atoms with E-state index in [2.05, 4.69) is 18.7 Å². The molecule has 228 valence electrons. The van der Waals surface area contributed by atoms with Gasteiger partial charge in [0.2, 0.25) is 5.78 Å². The third kappa shape index (κ3) is 4.32. The first-order valence-corrected chi connectivity index (χ1v) is 14.6. The molecule has 0 radical (unpaired) electrons. The van der Waals surface area contributed by atoms with Crippen molar-refractivity contribution in [2.24, 2.45) is 23.5 Å². The van der Waals surface area contributed by atoms with Gasteiger partial charge in [-0.1, -0.05) is 6.92 Å². The molecule has 6 N–H and O–H groups in total. The van der Waals surface area contributed by atoms with Gasteiger partial charge >= 0.3 is 0 Å². The highest BCUT2D eigenvalue weighted by Gasteiger charge is 2.63. The molecule has 1 fully saturated rings. The van der Waals surface area contributed by atoms with E-state index in [1.165, 1.54) is 12.8 Å². The summed E-state index contributed by atoms with van der Waals surface area (Å²) >= 11 is 0. The molecule has 0 aliphatic heterocycles. The van der Waals surface area contributed by atoms with Crippen LogP contribution in [-0.4, -0.2) is 100 Å². The maximum absolute atomic E-state index is 14.1. The standard InChI is InChI=1S/C31H42N4O7/c1-7-35(14(2)15-8-9-15)13-17-12-20(36)22-18(24(17)33(3)4)10-16-11-19-25(34(5)6)27(38)23(30(32)41)29(40)31(19,42)28(39)21(16)26(22)37/h12,14-16,19,25,36,38-39,42H,7-11,13H2,1-6H3,(H2,32,41)/t14-,16+,19+,25+,31+/m1/s1. The van der Waals surface area contributed by atoms with Gasteiger partial charge in [-0.25, -0.2) is 0 Å². The van der Waals surface area contributed by atoms with Gasteiger partial charge in [-0.05, 0) is 82.3 Å². The molecule has 0 heterocycles. The fraction of sp³-hybridized carbons (Fsp3) is 0.581. The van der Waals surface area contributed by atoms with Crippen molar-refractivity contribution in [2.45, 2.75) is 63.8 Å². The molecular weight excluding hydrogens is 540 g/mol. The summed E-state index contributed by atoms with van der Waals surface area (Å²) in [5.74, 6) is -5.84. The number of nitrogens with zero attached hydrogens (tertiary/aromatic N) is 3. The van der Waals surface area contributed by atoms with Crippen LogP contribution in [0.1, 0.15) is 54.6 Å². The number of hydrogen-bond donors (Lipinski definition) is 5. The Balaban J connectivity index is 1.65. The van der Waals surface area contributed by atoms with Crippen molar-refractivity contribution < 1.29 is 34.8 Å². The second-order valence-corrected chi connectivity index (χ2v) is 12.8. The van der Waals surface area contributed by atoms with Gasteiger partial charge in [0, 0.05) is 43.9 Å². The van der Waals surface area contributed by atoms with Gasteiger partial charge in [-0.2, -0.15) is 0 Å². The van der Waals surface area contributed by atoms with Crippen molar-refractivity contribution in [3.63, 3.8) is 0 Å². The molecule has 11 nitrogen and oxygen atoms in total. The van der Waals surface area contributed by atoms with Crippen molar-refractivity contribution in [3.8, 4) is 5.75 Å². The van der Waals surface area contributed by atoms with Crippen molar-refractivity contribution in [3.05, 3.63) is 45.4 Å². The monoisotopic (exact) mass is 582 g/mol. The number of ketones is 2. The number of phenols is 1. The number of primary amides is 1. The zero-order valence-corrected chi connectivity index (χ0v) is 25.1. The minimum atomic E-state index is -2.65. The minimum absolute atomic E-state index is 0.0292. The van der Waals surface area contributed by atoms with E-state index in [0.717, 1.165) is 17.8 Å². The molecule has 0 unspecified atom stereocenters. The third-order valence-electron chi connectivity index (χ3n) is 9.88. The molecular formula is C31H42N4O7. The largest absolute Gasteiger partial charge is 0.510 e. The molecule has 1 aromatic rings. The number of aliphatic hydroxyl groups excluding tert-OH is 2. The number of fused-ring (bicyclic) bond motifs is 3. The van der Waals surface area contributed by atoms with Crippen LogP contribution in [0.4, 0.5) is 5.69 Å². The predicted molar refractivity (Wildman–Crippen MR) is 156 cm³/mol. The Morgan fingerprint density at radius 1 is 1.14 bits per heavy atom. The van der Waals surface area contributed by atoms with Crippen LogP contribution in [0.15, 0.2) is 28.7 Å². The summed E-state index contributed by atoms with van der Waals surface area (Å²) in [5, 5.41) is 45.5. The van der Waals surface area contributed by atoms with E-state index in [-0.39, 0.29) is 29.7 Å². The zero-order chi connectivity index (χ0) is 31.0. The summed E-state index contributed by atoms with van der Waals surface area (Å²) in [7, 11) is 7.01. The van der Waals surface area contributed by atoms with Gasteiger partial charge < -0.3 is 31.1 Å². The summed E-state index contributed by atoms with van der Waals surface area (Å²) in [4.78, 5) is 45.6. The number of amides is 1. The van der Waals surface area contributed by atoms with Crippen LogP contribution in [0.2, 0.25) is 0 Å². The number of aromatic hydroxyl groups is 1. The fourth-order valence-corrected chi connectivity index (χ4v) is 7.69. The fourth-order valence-electron chi connectivity index (χ4n) is 7.69. The normalized spacial score (nSPS) is 28.2. The number of carbonyl (C=O) groups excluding carboxylic acids is 3. The smallest absolute Gasteiger partial charge is 0.255 e. The first-order chi connectivity index (χ1) is 19.7. The van der Waals surface area contributed by atoms with Crippen molar-refractivity contribution in [1.82, 2.24) is 9.80 Å². The van der Waals surface area contributed by atoms with E-state index < -0.39 is 58.0 Å². The lowest BCUT2D eigenvalue weighted by molar-refractivity contribution is -0.148. The van der Waals surface area contributed by atoms with Gasteiger partial charge in [0.05, 0.1) is 11.6 Å². The van der Waals surface area contributed by atoms with Crippen LogP contribution in [0.5, 0.6) is 5.75 Å². The summed E-state index contributed by atoms with van der Waals surface area (Å²) in [6.45, 7) is 5.75. The molecule has 0 bridgehead atoms. The minimum Gasteiger partial charge on any atom is -0.510 e. The van der Waals surface area contributed by atoms with E-state index in [4.69, 9.17) is 5.73 Å². The van der Waals surface area contributed by atoms with Crippen LogP contribution in [-0.2, 0) is 22.6 Å². The number of phenolic OH excluding ortho intramolecular Hbond substituents is 1. The number of Topliss-reactive ketones (excluding diaryl/α,β-unsaturated/α-hetero) is 2. The Morgan fingerprint density at radius 3 is 2.31 bits per heavy atom. The van der Waals surface area contributed by atoms with E-state index in [1.807, 2.05) is 19.0 Å². The molecule has 1 aromatic carbocycles. The number of anilines is 1. The number of likely N-dealkylation sites (N-methyl/N-ethyl adjacent to an activating group) is 1. The Kier molecular flexibility index (Phi) is 7.44. The van der Waals surface area contributed by atoms with E-state index >= 15 is 0 Å². The molecule has 5 atom stereocenters. The highest BCUT2D eigenvalue weighted by Crippen LogP contribution is 2.53. The molecule has 5 rings (SSSR count). The maximum atomic E-state index is 14.1. The summed E-state index contributed by atoms with van der Waals surface area (Å²) in [6, 6.07) is 0.961. The number of carbonyl (C=O) groups is 3. The van der Waals surface area contributed by atoms with E-state index in [1.54, 1.807) is 25.1 Å². The molecule has 11 heteroatoms. The zero-order valence-electron chi connectivity index (χ0n) is 25.1. The topological polar surface area (TPSA) is 168 Å². The van der Waals surface area contributed by atoms with Crippen molar-refractivity contribution in [2.75, 3.05) is 39.6 Å². The van der Waals surface area contributed by atoms with Crippen LogP contribution < -0.4 is 10.6 Å². The molecule has 0 spiro atoms. The first kappa shape index (κ1) is 30.1. The average Bonchev–Trinajstić information content (AvgIpc) is 3.74. The van der Waals surface area contributed by atoms with E-state index in [0.29, 0.717) is 24.1 Å². The highest BCUT2D eigenvalue weighted by molar-refractivity contribution is 6.24. The molecule has 0 saturated heterocycles. The average molecular weight is 583 g/mol. The quantitative estimate of drug-likeness (QED) is 0.285. The summed E-state index contributed by atoms with van der Waals surface area (Å²) in [5.41, 5.74) is 4.17. The van der Waals surface area contributed by atoms with E-state index in [9.17, 15) is 34.8 Å². The number of allylic oxidation sites excluding steroid dienone is 1. The maximum Gasteiger partial charge on any atom is 0.255 e. The Bertz CT molecular complexity index is 1430. The Hall–Kier alpha value is -3.41. The Labute approximate surface area is 245 Å². The molecule has 1 saturated carbocycles. The number of hydrogen-bond acceptors (Lipinski definition) is 10. The van der Waals surface area contributed by atoms with Gasteiger partial charge in [0.25, 0.3) is 5.91 Å². The van der Waals surface area contributed by atoms with Crippen LogP contribution in [0, 0.1) is 17.8 Å². The summed E-state index contributed by atoms with van der Waals surface area (Å²) in [6.07, 6.45) is 2.73. The molecule has 42 heavy (non-hydrogen) atoms. The molecule has 0 aromatic heterocycles. The van der Waals surface area contributed by atoms with Crippen LogP contribution in [0.25, 0.3) is 0 Å². The number of aliphatic hydroxyl groups is 3. The van der Waals surface area contributed by atoms with Crippen molar-refractivity contribution in [1.29, 1.82) is 0 Å². The van der Waals surface area contributed by atoms with Gasteiger partial charge in [0.15, 0.2) is 11.4 Å². The van der Waals surface area contributed by atoms with Crippen molar-refractivity contribution >= 4 is 23.2 Å². The third-order valence-corrected chi connectivity index (χ3v) is 9.88. The number of rotatable bonds is 8.